The molecule has 0 fully saturated rings. The van der Waals surface area contributed by atoms with Gasteiger partial charge in [0.25, 0.3) is 0 Å². The van der Waals surface area contributed by atoms with Gasteiger partial charge in [0, 0.05) is 5.02 Å². The third-order valence-corrected chi connectivity index (χ3v) is 4.35. The molecule has 0 aliphatic rings. The number of aryl methyl sites for hydroxylation is 1. The maximum atomic E-state index is 12.2. The van der Waals surface area contributed by atoms with Crippen molar-refractivity contribution < 1.29 is 28.5 Å². The molecule has 0 aromatic heterocycles. The summed E-state index contributed by atoms with van der Waals surface area (Å²) in [5, 5.41) is 0.586. The number of ether oxygens (including phenoxy) is 4. The first-order valence-electron chi connectivity index (χ1n) is 9.56. The molecule has 3 aromatic rings. The zero-order chi connectivity index (χ0) is 22.1. The minimum Gasteiger partial charge on any atom is -0.490 e. The average Bonchev–Trinajstić information content (AvgIpc) is 2.77. The highest BCUT2D eigenvalue weighted by Gasteiger charge is 2.12. The van der Waals surface area contributed by atoms with Crippen LogP contribution >= 0.6 is 11.6 Å². The normalized spacial score (nSPS) is 10.3. The zero-order valence-electron chi connectivity index (χ0n) is 16.9. The lowest BCUT2D eigenvalue weighted by molar-refractivity contribution is -0.136. The van der Waals surface area contributed by atoms with Crippen molar-refractivity contribution >= 4 is 23.5 Å². The van der Waals surface area contributed by atoms with Gasteiger partial charge in [0.1, 0.15) is 30.5 Å². The van der Waals surface area contributed by atoms with Gasteiger partial charge in [0.2, 0.25) is 0 Å². The van der Waals surface area contributed by atoms with E-state index in [1.54, 1.807) is 36.4 Å². The van der Waals surface area contributed by atoms with Crippen molar-refractivity contribution in [3.05, 3.63) is 88.9 Å². The third-order valence-electron chi connectivity index (χ3n) is 4.11. The molecule has 0 saturated heterocycles. The Labute approximate surface area is 185 Å². The Morgan fingerprint density at radius 1 is 0.839 bits per heavy atom. The van der Waals surface area contributed by atoms with E-state index in [1.165, 1.54) is 6.07 Å². The van der Waals surface area contributed by atoms with Crippen molar-refractivity contribution in [2.24, 2.45) is 0 Å². The van der Waals surface area contributed by atoms with Gasteiger partial charge >= 0.3 is 11.9 Å². The van der Waals surface area contributed by atoms with Gasteiger partial charge in [-0.3, -0.25) is 0 Å². The summed E-state index contributed by atoms with van der Waals surface area (Å²) >= 11 is 5.90. The molecule has 0 radical (unpaired) electrons. The van der Waals surface area contributed by atoms with Gasteiger partial charge in [0.15, 0.2) is 6.61 Å². The molecule has 7 heteroatoms. The Morgan fingerprint density at radius 3 is 2.39 bits per heavy atom. The quantitative estimate of drug-likeness (QED) is 0.268. The van der Waals surface area contributed by atoms with E-state index < -0.39 is 11.9 Å². The highest BCUT2D eigenvalue weighted by molar-refractivity contribution is 6.30. The van der Waals surface area contributed by atoms with Crippen LogP contribution in [0.1, 0.15) is 15.9 Å². The van der Waals surface area contributed by atoms with Crippen LogP contribution in [0.25, 0.3) is 0 Å². The maximum Gasteiger partial charge on any atom is 0.349 e. The lowest BCUT2D eigenvalue weighted by Crippen LogP contribution is -2.18. The largest absolute Gasteiger partial charge is 0.490 e. The molecule has 0 saturated carbocycles. The van der Waals surface area contributed by atoms with Crippen molar-refractivity contribution in [1.29, 1.82) is 0 Å². The van der Waals surface area contributed by atoms with Crippen molar-refractivity contribution in [2.45, 2.75) is 6.92 Å². The van der Waals surface area contributed by atoms with Crippen LogP contribution in [0, 0.1) is 6.92 Å². The molecule has 0 N–H and O–H groups in total. The van der Waals surface area contributed by atoms with Crippen molar-refractivity contribution in [3.8, 4) is 17.2 Å². The van der Waals surface area contributed by atoms with Crippen LogP contribution in [0.2, 0.25) is 5.02 Å². The molecule has 3 aromatic carbocycles. The molecule has 6 nitrogen and oxygen atoms in total. The molecule has 0 amide bonds. The number of benzene rings is 3. The molecule has 0 spiro atoms. The summed E-state index contributed by atoms with van der Waals surface area (Å²) in [7, 11) is 0. The monoisotopic (exact) mass is 440 g/mol. The van der Waals surface area contributed by atoms with Crippen LogP contribution in [0.5, 0.6) is 17.2 Å². The predicted molar refractivity (Wildman–Crippen MR) is 116 cm³/mol. The SMILES string of the molecule is Cc1cc(Cl)ccc1OCC(=O)Oc1cccc(C(=O)OCCOc2ccccc2)c1. The predicted octanol–water partition coefficient (Wildman–Crippen LogP) is 4.87. The smallest absolute Gasteiger partial charge is 0.349 e. The maximum absolute atomic E-state index is 12.2. The van der Waals surface area contributed by atoms with Gasteiger partial charge in [0.05, 0.1) is 5.56 Å². The van der Waals surface area contributed by atoms with Gasteiger partial charge in [-0.25, -0.2) is 9.59 Å². The van der Waals surface area contributed by atoms with Gasteiger partial charge in [-0.1, -0.05) is 35.9 Å². The standard InChI is InChI=1S/C24H21ClO6/c1-17-14-19(25)10-11-22(17)30-16-23(26)31-21-9-5-6-18(15-21)24(27)29-13-12-28-20-7-3-2-4-8-20/h2-11,14-15H,12-13,16H2,1H3. The summed E-state index contributed by atoms with van der Waals surface area (Å²) in [5.41, 5.74) is 1.07. The molecule has 0 heterocycles. The molecule has 3 rings (SSSR count). The lowest BCUT2D eigenvalue weighted by atomic mass is 10.2. The number of halogens is 1. The van der Waals surface area contributed by atoms with E-state index >= 15 is 0 Å². The molecule has 0 bridgehead atoms. The molecular weight excluding hydrogens is 420 g/mol. The molecule has 0 aliphatic heterocycles. The Morgan fingerprint density at radius 2 is 1.61 bits per heavy atom. The van der Waals surface area contributed by atoms with E-state index in [2.05, 4.69) is 0 Å². The highest BCUT2D eigenvalue weighted by Crippen LogP contribution is 2.22. The molecule has 31 heavy (non-hydrogen) atoms. The van der Waals surface area contributed by atoms with E-state index in [-0.39, 0.29) is 31.1 Å². The number of esters is 2. The van der Waals surface area contributed by atoms with Crippen LogP contribution in [0.3, 0.4) is 0 Å². The van der Waals surface area contributed by atoms with Crippen molar-refractivity contribution in [3.63, 3.8) is 0 Å². The van der Waals surface area contributed by atoms with Crippen LogP contribution in [-0.2, 0) is 9.53 Å². The van der Waals surface area contributed by atoms with Crippen molar-refractivity contribution in [1.82, 2.24) is 0 Å². The summed E-state index contributed by atoms with van der Waals surface area (Å²) in [6.07, 6.45) is 0. The number of carbonyl (C=O) groups is 2. The molecular formula is C24H21ClO6. The van der Waals surface area contributed by atoms with Gasteiger partial charge < -0.3 is 18.9 Å². The number of rotatable bonds is 9. The topological polar surface area (TPSA) is 71.1 Å². The first-order chi connectivity index (χ1) is 15.0. The minimum atomic E-state index is -0.601. The fourth-order valence-corrected chi connectivity index (χ4v) is 2.88. The summed E-state index contributed by atoms with van der Waals surface area (Å²) in [4.78, 5) is 24.3. The van der Waals surface area contributed by atoms with Crippen molar-refractivity contribution in [2.75, 3.05) is 19.8 Å². The Balaban J connectivity index is 1.46. The van der Waals surface area contributed by atoms with Gasteiger partial charge in [-0.05, 0) is 61.0 Å². The highest BCUT2D eigenvalue weighted by atomic mass is 35.5. The van der Waals surface area contributed by atoms with Gasteiger partial charge in [-0.2, -0.15) is 0 Å². The lowest BCUT2D eigenvalue weighted by Gasteiger charge is -2.10. The zero-order valence-corrected chi connectivity index (χ0v) is 17.6. The fourth-order valence-electron chi connectivity index (χ4n) is 2.65. The molecule has 0 aliphatic carbocycles. The Bertz CT molecular complexity index is 1040. The summed E-state index contributed by atoms with van der Waals surface area (Å²) in [6.45, 7) is 1.86. The Hall–Kier alpha value is -3.51. The molecule has 160 valence electrons. The third kappa shape index (κ3) is 7.04. The van der Waals surface area contributed by atoms with Crippen LogP contribution in [0.15, 0.2) is 72.8 Å². The molecule has 0 unspecified atom stereocenters. The van der Waals surface area contributed by atoms with E-state index in [1.807, 2.05) is 37.3 Å². The van der Waals surface area contributed by atoms with Crippen LogP contribution < -0.4 is 14.2 Å². The van der Waals surface area contributed by atoms with E-state index in [9.17, 15) is 9.59 Å². The fraction of sp³-hybridized carbons (Fsp3) is 0.167. The van der Waals surface area contributed by atoms with E-state index in [4.69, 9.17) is 30.5 Å². The minimum absolute atomic E-state index is 0.0893. The van der Waals surface area contributed by atoms with E-state index in [0.29, 0.717) is 16.5 Å². The van der Waals surface area contributed by atoms with Crippen LogP contribution in [0.4, 0.5) is 0 Å². The summed E-state index contributed by atoms with van der Waals surface area (Å²) in [5.74, 6) is 0.315. The first-order valence-corrected chi connectivity index (χ1v) is 9.94. The number of hydrogen-bond acceptors (Lipinski definition) is 6. The van der Waals surface area contributed by atoms with Gasteiger partial charge in [-0.15, -0.1) is 0 Å². The second-order valence-electron chi connectivity index (χ2n) is 6.50. The number of hydrogen-bond donors (Lipinski definition) is 0. The molecule has 0 atom stereocenters. The first kappa shape index (κ1) is 22.2. The summed E-state index contributed by atoms with van der Waals surface area (Å²) < 4.78 is 21.4. The number of para-hydroxylation sites is 1. The van der Waals surface area contributed by atoms with E-state index in [0.717, 1.165) is 5.56 Å². The second kappa shape index (κ2) is 11.0. The second-order valence-corrected chi connectivity index (χ2v) is 6.93. The average molecular weight is 441 g/mol. The summed E-state index contributed by atoms with van der Waals surface area (Å²) in [6, 6.07) is 20.5. The number of carbonyl (C=O) groups excluding carboxylic acids is 2. The Kier molecular flexibility index (Phi) is 7.90. The van der Waals surface area contributed by atoms with Crippen LogP contribution in [-0.4, -0.2) is 31.8 Å².